The third kappa shape index (κ3) is 2.98. The van der Waals surface area contributed by atoms with Crippen LogP contribution in [0.15, 0.2) is 48.5 Å². The van der Waals surface area contributed by atoms with Gasteiger partial charge >= 0.3 is 0 Å². The predicted molar refractivity (Wildman–Crippen MR) is 86.7 cm³/mol. The van der Waals surface area contributed by atoms with Gasteiger partial charge in [0.05, 0.1) is 17.4 Å². The van der Waals surface area contributed by atoms with Crippen molar-refractivity contribution in [3.8, 4) is 0 Å². The summed E-state index contributed by atoms with van der Waals surface area (Å²) in [4.78, 5) is 6.68. The molecule has 1 aliphatic rings. The number of hydrogen-bond donors (Lipinski definition) is 2. The lowest BCUT2D eigenvalue weighted by Crippen LogP contribution is -2.43. The van der Waals surface area contributed by atoms with Crippen LogP contribution < -0.4 is 4.90 Å². The normalized spacial score (nSPS) is 19.0. The molecule has 2 heterocycles. The van der Waals surface area contributed by atoms with Crippen molar-refractivity contribution in [3.63, 3.8) is 0 Å². The zero-order valence-electron chi connectivity index (χ0n) is 12.8. The third-order valence-corrected chi connectivity index (χ3v) is 4.41. The van der Waals surface area contributed by atoms with Crippen LogP contribution in [0.5, 0.6) is 0 Å². The second kappa shape index (κ2) is 6.07. The van der Waals surface area contributed by atoms with Gasteiger partial charge in [0.15, 0.2) is 0 Å². The van der Waals surface area contributed by atoms with Gasteiger partial charge in [-0.2, -0.15) is 0 Å². The number of hydrogen-bond acceptors (Lipinski definition) is 4. The predicted octanol–water partition coefficient (Wildman–Crippen LogP) is 2.62. The van der Waals surface area contributed by atoms with Crippen molar-refractivity contribution < 1.29 is 10.2 Å². The van der Waals surface area contributed by atoms with E-state index < -0.39 is 11.7 Å². The molecule has 22 heavy (non-hydrogen) atoms. The van der Waals surface area contributed by atoms with Gasteiger partial charge in [-0.1, -0.05) is 36.4 Å². The lowest BCUT2D eigenvalue weighted by Gasteiger charge is -2.39. The molecule has 2 aromatic rings. The Morgan fingerprint density at radius 1 is 1.05 bits per heavy atom. The molecule has 1 aromatic heterocycles. The van der Waals surface area contributed by atoms with Crippen LogP contribution in [0.3, 0.4) is 0 Å². The fourth-order valence-electron chi connectivity index (χ4n) is 2.99. The Hall–Kier alpha value is -1.91. The number of rotatable bonds is 3. The van der Waals surface area contributed by atoms with Crippen molar-refractivity contribution in [1.82, 2.24) is 4.98 Å². The van der Waals surface area contributed by atoms with Gasteiger partial charge in [0.2, 0.25) is 0 Å². The third-order valence-electron chi connectivity index (χ3n) is 4.41. The summed E-state index contributed by atoms with van der Waals surface area (Å²) in [5.74, 6) is 0.869. The van der Waals surface area contributed by atoms with Gasteiger partial charge in [0.1, 0.15) is 5.82 Å². The van der Waals surface area contributed by atoms with Crippen molar-refractivity contribution >= 4 is 5.82 Å². The molecule has 0 saturated carbocycles. The van der Waals surface area contributed by atoms with Gasteiger partial charge in [0, 0.05) is 13.1 Å². The summed E-state index contributed by atoms with van der Waals surface area (Å²) >= 11 is 0. The first kappa shape index (κ1) is 15.0. The Bertz CT molecular complexity index is 620. The van der Waals surface area contributed by atoms with E-state index in [1.54, 1.807) is 6.92 Å². The maximum Gasteiger partial charge on any atom is 0.128 e. The number of aliphatic hydroxyl groups excluding tert-OH is 1. The van der Waals surface area contributed by atoms with E-state index in [-0.39, 0.29) is 0 Å². The molecule has 0 radical (unpaired) electrons. The van der Waals surface area contributed by atoms with Gasteiger partial charge in [-0.15, -0.1) is 0 Å². The molecule has 1 fully saturated rings. The quantitative estimate of drug-likeness (QED) is 0.914. The first-order valence-corrected chi connectivity index (χ1v) is 7.76. The number of pyridine rings is 1. The van der Waals surface area contributed by atoms with Crippen LogP contribution in [0.2, 0.25) is 0 Å². The molecule has 3 rings (SSSR count). The second-order valence-corrected chi connectivity index (χ2v) is 5.98. The van der Waals surface area contributed by atoms with E-state index in [2.05, 4.69) is 9.88 Å². The Morgan fingerprint density at radius 3 is 2.36 bits per heavy atom. The molecule has 1 saturated heterocycles. The zero-order chi connectivity index (χ0) is 15.6. The van der Waals surface area contributed by atoms with E-state index >= 15 is 0 Å². The van der Waals surface area contributed by atoms with E-state index in [0.717, 1.165) is 24.5 Å². The number of aromatic nitrogens is 1. The molecule has 0 aliphatic carbocycles. The maximum atomic E-state index is 10.9. The van der Waals surface area contributed by atoms with Gasteiger partial charge < -0.3 is 15.1 Å². The van der Waals surface area contributed by atoms with E-state index in [9.17, 15) is 10.2 Å². The summed E-state index contributed by atoms with van der Waals surface area (Å²) in [5, 5.41) is 20.5. The van der Waals surface area contributed by atoms with Crippen molar-refractivity contribution in [1.29, 1.82) is 0 Å². The largest absolute Gasteiger partial charge is 0.387 e. The molecule has 116 valence electrons. The van der Waals surface area contributed by atoms with E-state index in [0.29, 0.717) is 18.5 Å². The highest BCUT2D eigenvalue weighted by molar-refractivity contribution is 5.41. The monoisotopic (exact) mass is 298 g/mol. The molecular weight excluding hydrogens is 276 g/mol. The van der Waals surface area contributed by atoms with E-state index in [4.69, 9.17) is 0 Å². The first-order valence-electron chi connectivity index (χ1n) is 7.76. The number of nitrogens with zero attached hydrogens (tertiary/aromatic N) is 2. The zero-order valence-corrected chi connectivity index (χ0v) is 12.8. The van der Waals surface area contributed by atoms with Crippen molar-refractivity contribution in [2.45, 2.75) is 31.5 Å². The van der Waals surface area contributed by atoms with Gasteiger partial charge in [-0.3, -0.25) is 0 Å². The summed E-state index contributed by atoms with van der Waals surface area (Å²) in [6, 6.07) is 15.6. The minimum absolute atomic E-state index is 0.564. The Labute approximate surface area is 131 Å². The average Bonchev–Trinajstić information content (AvgIpc) is 2.56. The van der Waals surface area contributed by atoms with Gasteiger partial charge in [0.25, 0.3) is 0 Å². The molecule has 0 amide bonds. The Balaban J connectivity index is 1.73. The highest BCUT2D eigenvalue weighted by Crippen LogP contribution is 2.34. The molecule has 0 unspecified atom stereocenters. The number of anilines is 1. The molecule has 1 aliphatic heterocycles. The summed E-state index contributed by atoms with van der Waals surface area (Å²) < 4.78 is 0. The number of aliphatic hydroxyl groups is 2. The molecule has 1 aromatic carbocycles. The maximum absolute atomic E-state index is 10.9. The summed E-state index contributed by atoms with van der Waals surface area (Å²) in [6.45, 7) is 3.22. The molecular formula is C18H22N2O2. The Kier molecular flexibility index (Phi) is 4.14. The van der Waals surface area contributed by atoms with E-state index in [1.165, 1.54) is 0 Å². The van der Waals surface area contributed by atoms with Crippen LogP contribution in [0.1, 0.15) is 37.1 Å². The van der Waals surface area contributed by atoms with Crippen LogP contribution in [-0.4, -0.2) is 28.3 Å². The van der Waals surface area contributed by atoms with E-state index in [1.807, 2.05) is 48.5 Å². The smallest absolute Gasteiger partial charge is 0.128 e. The molecule has 2 N–H and O–H groups in total. The second-order valence-electron chi connectivity index (χ2n) is 5.98. The fraction of sp³-hybridized carbons (Fsp3) is 0.389. The van der Waals surface area contributed by atoms with Crippen LogP contribution >= 0.6 is 0 Å². The van der Waals surface area contributed by atoms with Crippen molar-refractivity contribution in [2.75, 3.05) is 18.0 Å². The molecule has 1 atom stereocenters. The summed E-state index contributed by atoms with van der Waals surface area (Å²) in [7, 11) is 0. The van der Waals surface area contributed by atoms with Crippen LogP contribution in [0.4, 0.5) is 5.82 Å². The summed E-state index contributed by atoms with van der Waals surface area (Å²) in [5.41, 5.74) is 0.918. The van der Waals surface area contributed by atoms with Crippen LogP contribution in [0.25, 0.3) is 0 Å². The molecule has 0 spiro atoms. The van der Waals surface area contributed by atoms with Crippen molar-refractivity contribution in [3.05, 3.63) is 59.8 Å². The SMILES string of the molecule is C[C@@H](O)c1cccc(N2CCC(O)(c3ccccc3)CC2)n1. The minimum Gasteiger partial charge on any atom is -0.387 e. The van der Waals surface area contributed by atoms with Crippen molar-refractivity contribution in [2.24, 2.45) is 0 Å². The topological polar surface area (TPSA) is 56.6 Å². The van der Waals surface area contributed by atoms with Gasteiger partial charge in [-0.25, -0.2) is 4.98 Å². The summed E-state index contributed by atoms with van der Waals surface area (Å²) in [6.07, 6.45) is 0.792. The average molecular weight is 298 g/mol. The molecule has 0 bridgehead atoms. The lowest BCUT2D eigenvalue weighted by molar-refractivity contribution is 0.0116. The lowest BCUT2D eigenvalue weighted by atomic mass is 9.84. The minimum atomic E-state index is -0.750. The standard InChI is InChI=1S/C18H22N2O2/c1-14(21)16-8-5-9-17(19-16)20-12-10-18(22,11-13-20)15-6-3-2-4-7-15/h2-9,14,21-22H,10-13H2,1H3/t14-/m1/s1. The fourth-order valence-corrected chi connectivity index (χ4v) is 2.99. The Morgan fingerprint density at radius 2 is 1.73 bits per heavy atom. The highest BCUT2D eigenvalue weighted by Gasteiger charge is 2.34. The number of piperidine rings is 1. The van der Waals surface area contributed by atoms with Gasteiger partial charge in [-0.05, 0) is 37.5 Å². The van der Waals surface area contributed by atoms with Crippen LogP contribution in [-0.2, 0) is 5.60 Å². The number of benzene rings is 1. The molecule has 4 nitrogen and oxygen atoms in total. The first-order chi connectivity index (χ1) is 10.6. The highest BCUT2D eigenvalue weighted by atomic mass is 16.3. The molecule has 4 heteroatoms. The van der Waals surface area contributed by atoms with Crippen LogP contribution in [0, 0.1) is 0 Å².